The second kappa shape index (κ2) is 7.35. The van der Waals surface area contributed by atoms with E-state index in [0.717, 1.165) is 31.3 Å². The molecule has 3 rings (SSSR count). The van der Waals surface area contributed by atoms with Crippen molar-refractivity contribution in [3.63, 3.8) is 0 Å². The number of fused-ring (bicyclic) bond motifs is 1. The third-order valence-electron chi connectivity index (χ3n) is 4.06. The summed E-state index contributed by atoms with van der Waals surface area (Å²) in [4.78, 5) is 21.0. The lowest BCUT2D eigenvalue weighted by Crippen LogP contribution is -2.30. The van der Waals surface area contributed by atoms with Crippen LogP contribution in [0.15, 0.2) is 24.3 Å². The summed E-state index contributed by atoms with van der Waals surface area (Å²) in [5, 5.41) is 4.15. The minimum atomic E-state index is -0.595. The first-order valence-corrected chi connectivity index (χ1v) is 8.76. The normalized spacial score (nSPS) is 16.0. The molecule has 0 bridgehead atoms. The molecule has 134 valence electrons. The number of hydrogen-bond acceptors (Lipinski definition) is 6. The molecule has 1 aliphatic heterocycles. The number of carbonyl (C=O) groups is 1. The van der Waals surface area contributed by atoms with Gasteiger partial charge in [0.05, 0.1) is 17.5 Å². The van der Waals surface area contributed by atoms with Crippen molar-refractivity contribution >= 4 is 16.9 Å². The molecule has 0 atom stereocenters. The van der Waals surface area contributed by atoms with Crippen LogP contribution in [-0.2, 0) is 4.74 Å². The van der Waals surface area contributed by atoms with Crippen LogP contribution in [0.25, 0.3) is 10.9 Å². The van der Waals surface area contributed by atoms with E-state index in [2.05, 4.69) is 15.3 Å². The molecule has 0 saturated carbocycles. The highest BCUT2D eigenvalue weighted by molar-refractivity contribution is 5.91. The number of ether oxygens (including phenoxy) is 2. The molecule has 1 saturated heterocycles. The lowest BCUT2D eigenvalue weighted by atomic mass is 9.99. The number of para-hydroxylation sites is 1. The Hall–Kier alpha value is -2.21. The number of nitrogens with zero attached hydrogens (tertiary/aromatic N) is 2. The predicted octanol–water partition coefficient (Wildman–Crippen LogP) is 2.96. The minimum Gasteiger partial charge on any atom is -0.477 e. The Balaban J connectivity index is 1.85. The Labute approximate surface area is 147 Å². The molecule has 1 aromatic heterocycles. The summed E-state index contributed by atoms with van der Waals surface area (Å²) in [7, 11) is 0. The molecular formula is C19H25N3O3. The molecule has 6 heteroatoms. The zero-order valence-electron chi connectivity index (χ0n) is 15.0. The maximum absolute atomic E-state index is 12.4. The van der Waals surface area contributed by atoms with Crippen LogP contribution >= 0.6 is 0 Å². The van der Waals surface area contributed by atoms with E-state index in [1.807, 2.05) is 45.0 Å². The zero-order valence-corrected chi connectivity index (χ0v) is 15.0. The Kier molecular flexibility index (Phi) is 5.18. The average molecular weight is 343 g/mol. The number of aromatic nitrogens is 2. The fourth-order valence-electron chi connectivity index (χ4n) is 2.82. The van der Waals surface area contributed by atoms with Crippen LogP contribution in [0.5, 0.6) is 5.88 Å². The molecule has 0 radical (unpaired) electrons. The van der Waals surface area contributed by atoms with Crippen LogP contribution in [0.2, 0.25) is 0 Å². The standard InChI is InChI=1S/C19H25N3O3/c1-19(2,3)25-18(23)16-21-15-7-5-4-6-14(15)17(22-16)24-12-13-8-10-20-11-9-13/h4-7,13,20H,8-12H2,1-3H3. The van der Waals surface area contributed by atoms with Gasteiger partial charge in [-0.25, -0.2) is 9.78 Å². The van der Waals surface area contributed by atoms with Gasteiger partial charge in [0.25, 0.3) is 0 Å². The number of carbonyl (C=O) groups excluding carboxylic acids is 1. The van der Waals surface area contributed by atoms with Crippen molar-refractivity contribution in [2.24, 2.45) is 5.92 Å². The van der Waals surface area contributed by atoms with Gasteiger partial charge in [-0.1, -0.05) is 12.1 Å². The molecule has 25 heavy (non-hydrogen) atoms. The first-order chi connectivity index (χ1) is 11.9. The van der Waals surface area contributed by atoms with Crippen molar-refractivity contribution in [1.29, 1.82) is 0 Å². The van der Waals surface area contributed by atoms with Crippen molar-refractivity contribution in [1.82, 2.24) is 15.3 Å². The van der Waals surface area contributed by atoms with Crippen LogP contribution in [-0.4, -0.2) is 41.2 Å². The van der Waals surface area contributed by atoms with Crippen molar-refractivity contribution < 1.29 is 14.3 Å². The van der Waals surface area contributed by atoms with Gasteiger partial charge in [-0.05, 0) is 64.8 Å². The van der Waals surface area contributed by atoms with Crippen molar-refractivity contribution in [2.45, 2.75) is 39.2 Å². The van der Waals surface area contributed by atoms with Gasteiger partial charge in [0.15, 0.2) is 0 Å². The first kappa shape index (κ1) is 17.6. The number of piperidine rings is 1. The maximum atomic E-state index is 12.4. The summed E-state index contributed by atoms with van der Waals surface area (Å²) < 4.78 is 11.4. The van der Waals surface area contributed by atoms with E-state index < -0.39 is 11.6 Å². The molecule has 1 fully saturated rings. The van der Waals surface area contributed by atoms with Crippen LogP contribution in [0.1, 0.15) is 44.2 Å². The molecule has 1 N–H and O–H groups in total. The Morgan fingerprint density at radius 2 is 1.92 bits per heavy atom. The second-order valence-electron chi connectivity index (χ2n) is 7.38. The molecule has 1 aliphatic rings. The summed E-state index contributed by atoms with van der Waals surface area (Å²) >= 11 is 0. The summed E-state index contributed by atoms with van der Waals surface area (Å²) in [5.41, 5.74) is 0.0843. The van der Waals surface area contributed by atoms with Gasteiger partial charge in [0.1, 0.15) is 5.60 Å². The van der Waals surface area contributed by atoms with Gasteiger partial charge in [0.2, 0.25) is 11.7 Å². The fraction of sp³-hybridized carbons (Fsp3) is 0.526. The van der Waals surface area contributed by atoms with Gasteiger partial charge < -0.3 is 14.8 Å². The summed E-state index contributed by atoms with van der Waals surface area (Å²) in [6.45, 7) is 8.08. The molecular weight excluding hydrogens is 318 g/mol. The van der Waals surface area contributed by atoms with Crippen molar-refractivity contribution in [3.05, 3.63) is 30.1 Å². The highest BCUT2D eigenvalue weighted by Gasteiger charge is 2.22. The molecule has 0 unspecified atom stereocenters. The number of esters is 1. The Bertz CT molecular complexity index is 749. The topological polar surface area (TPSA) is 73.3 Å². The van der Waals surface area contributed by atoms with E-state index in [-0.39, 0.29) is 5.82 Å². The SMILES string of the molecule is CC(C)(C)OC(=O)c1nc(OCC2CCNCC2)c2ccccc2n1. The molecule has 2 aromatic rings. The Morgan fingerprint density at radius 1 is 1.20 bits per heavy atom. The number of benzene rings is 1. The lowest BCUT2D eigenvalue weighted by Gasteiger charge is -2.23. The smallest absolute Gasteiger partial charge is 0.377 e. The molecule has 6 nitrogen and oxygen atoms in total. The predicted molar refractivity (Wildman–Crippen MR) is 95.8 cm³/mol. The van der Waals surface area contributed by atoms with E-state index in [0.29, 0.717) is 23.9 Å². The molecule has 1 aromatic carbocycles. The Morgan fingerprint density at radius 3 is 2.64 bits per heavy atom. The van der Waals surface area contributed by atoms with Crippen molar-refractivity contribution in [3.8, 4) is 5.88 Å². The summed E-state index contributed by atoms with van der Waals surface area (Å²) in [5.74, 6) is 0.448. The highest BCUT2D eigenvalue weighted by atomic mass is 16.6. The monoisotopic (exact) mass is 343 g/mol. The van der Waals surface area contributed by atoms with Gasteiger partial charge >= 0.3 is 5.97 Å². The van der Waals surface area contributed by atoms with Gasteiger partial charge in [-0.3, -0.25) is 0 Å². The first-order valence-electron chi connectivity index (χ1n) is 8.76. The van der Waals surface area contributed by atoms with E-state index >= 15 is 0 Å². The minimum absolute atomic E-state index is 0.0361. The van der Waals surface area contributed by atoms with E-state index in [4.69, 9.17) is 9.47 Å². The van der Waals surface area contributed by atoms with Gasteiger partial charge in [-0.2, -0.15) is 4.98 Å². The van der Waals surface area contributed by atoms with Crippen LogP contribution in [0, 0.1) is 5.92 Å². The zero-order chi connectivity index (χ0) is 17.9. The molecule has 0 amide bonds. The average Bonchev–Trinajstić information content (AvgIpc) is 2.59. The third-order valence-corrected chi connectivity index (χ3v) is 4.06. The highest BCUT2D eigenvalue weighted by Crippen LogP contribution is 2.24. The lowest BCUT2D eigenvalue weighted by molar-refractivity contribution is 0.00548. The van der Waals surface area contributed by atoms with Crippen molar-refractivity contribution in [2.75, 3.05) is 19.7 Å². The van der Waals surface area contributed by atoms with E-state index in [1.165, 1.54) is 0 Å². The largest absolute Gasteiger partial charge is 0.477 e. The van der Waals surface area contributed by atoms with Gasteiger partial charge in [-0.15, -0.1) is 0 Å². The number of nitrogens with one attached hydrogen (secondary N) is 1. The molecule has 2 heterocycles. The summed E-state index contributed by atoms with van der Waals surface area (Å²) in [6.07, 6.45) is 2.17. The fourth-order valence-corrected chi connectivity index (χ4v) is 2.82. The van der Waals surface area contributed by atoms with Crippen LogP contribution in [0.3, 0.4) is 0 Å². The quantitative estimate of drug-likeness (QED) is 0.861. The molecule has 0 spiro atoms. The maximum Gasteiger partial charge on any atom is 0.377 e. The van der Waals surface area contributed by atoms with E-state index in [1.54, 1.807) is 0 Å². The van der Waals surface area contributed by atoms with Crippen LogP contribution in [0.4, 0.5) is 0 Å². The van der Waals surface area contributed by atoms with Gasteiger partial charge in [0, 0.05) is 0 Å². The van der Waals surface area contributed by atoms with E-state index in [9.17, 15) is 4.79 Å². The summed E-state index contributed by atoms with van der Waals surface area (Å²) in [6, 6.07) is 7.55. The van der Waals surface area contributed by atoms with Crippen LogP contribution < -0.4 is 10.1 Å². The number of hydrogen-bond donors (Lipinski definition) is 1. The third kappa shape index (κ3) is 4.66. The second-order valence-corrected chi connectivity index (χ2v) is 7.38. The number of rotatable bonds is 4. The molecule has 0 aliphatic carbocycles.